The van der Waals surface area contributed by atoms with Crippen LogP contribution in [0, 0.1) is 11.6 Å². The molecule has 3 aromatic rings. The van der Waals surface area contributed by atoms with Crippen LogP contribution in [0.15, 0.2) is 75.9 Å². The first kappa shape index (κ1) is 29.1. The zero-order chi connectivity index (χ0) is 29.6. The van der Waals surface area contributed by atoms with E-state index >= 15 is 0 Å². The average molecular weight is 594 g/mol. The Balaban J connectivity index is 1.29. The van der Waals surface area contributed by atoms with E-state index < -0.39 is 17.7 Å². The van der Waals surface area contributed by atoms with Crippen molar-refractivity contribution in [1.82, 2.24) is 10.4 Å². The number of amides is 1. The Morgan fingerprint density at radius 2 is 1.74 bits per heavy atom. The van der Waals surface area contributed by atoms with Crippen molar-refractivity contribution < 1.29 is 27.8 Å². The molecule has 2 aliphatic heterocycles. The molecule has 0 bridgehead atoms. The van der Waals surface area contributed by atoms with E-state index in [0.717, 1.165) is 5.56 Å². The Morgan fingerprint density at radius 3 is 2.38 bits per heavy atom. The van der Waals surface area contributed by atoms with E-state index in [-0.39, 0.29) is 23.9 Å². The number of nitrogens with zero attached hydrogens (tertiary/aromatic N) is 4. The number of halogens is 2. The van der Waals surface area contributed by atoms with E-state index in [4.69, 9.17) is 24.3 Å². The molecular weight excluding hydrogens is 564 g/mol. The molecule has 3 aromatic carbocycles. The number of rotatable bonds is 9. The van der Waals surface area contributed by atoms with Crippen LogP contribution in [0.5, 0.6) is 17.2 Å². The van der Waals surface area contributed by atoms with Gasteiger partial charge in [-0.2, -0.15) is 10.2 Å². The molecule has 0 saturated heterocycles. The second kappa shape index (κ2) is 13.0. The Labute approximate surface area is 246 Å². The van der Waals surface area contributed by atoms with E-state index in [1.165, 1.54) is 57.5 Å². The summed E-state index contributed by atoms with van der Waals surface area (Å²) in [6, 6.07) is 15.7. The van der Waals surface area contributed by atoms with E-state index in [1.807, 2.05) is 30.3 Å². The minimum Gasteiger partial charge on any atom is -0.493 e. The second-order valence-electron chi connectivity index (χ2n) is 9.45. The third-order valence-electron chi connectivity index (χ3n) is 6.76. The highest BCUT2D eigenvalue weighted by atomic mass is 32.2. The molecule has 0 fully saturated rings. The first-order chi connectivity index (χ1) is 20.4. The summed E-state index contributed by atoms with van der Waals surface area (Å²) in [5.41, 5.74) is 4.67. The molecule has 42 heavy (non-hydrogen) atoms. The third-order valence-corrected chi connectivity index (χ3v) is 7.86. The van der Waals surface area contributed by atoms with E-state index in [0.29, 0.717) is 45.9 Å². The van der Waals surface area contributed by atoms with Crippen LogP contribution in [0.4, 0.5) is 8.78 Å². The summed E-state index contributed by atoms with van der Waals surface area (Å²) >= 11 is 1.40. The molecule has 0 spiro atoms. The number of aliphatic imine (C=N–C) groups is 1. The molecule has 2 heterocycles. The lowest BCUT2D eigenvalue weighted by Gasteiger charge is -2.23. The zero-order valence-electron chi connectivity index (χ0n) is 23.2. The maximum atomic E-state index is 14.9. The molecule has 0 saturated carbocycles. The van der Waals surface area contributed by atoms with Crippen LogP contribution in [0.1, 0.15) is 35.6 Å². The Morgan fingerprint density at radius 1 is 1.05 bits per heavy atom. The number of hydrogen-bond donors (Lipinski definition) is 1. The highest BCUT2D eigenvalue weighted by Crippen LogP contribution is 2.40. The smallest absolute Gasteiger partial charge is 0.242 e. The fraction of sp³-hybridized carbons (Fsp3) is 0.267. The first-order valence-corrected chi connectivity index (χ1v) is 14.1. The molecular formula is C30H29F2N5O4S. The van der Waals surface area contributed by atoms with Gasteiger partial charge in [-0.1, -0.05) is 48.2 Å². The van der Waals surface area contributed by atoms with E-state index in [1.54, 1.807) is 17.1 Å². The van der Waals surface area contributed by atoms with Gasteiger partial charge in [0.25, 0.3) is 0 Å². The fourth-order valence-electron chi connectivity index (χ4n) is 4.79. The lowest BCUT2D eigenvalue weighted by Crippen LogP contribution is -2.26. The standard InChI is InChI=1S/C30H29F2N5O4S/c1-39-25-12-18(13-26(40-2)29(25)41-3)16-33-35-27(38)14-20-17-42-30(34-20)37-24(28-21(31)10-7-11-22(28)32)15-23(36-37)19-8-5-4-6-9-19/h4-13,16,20,24H,14-15,17H2,1-3H3,(H,35,38)/b33-16+. The van der Waals surface area contributed by atoms with Crippen molar-refractivity contribution in [3.8, 4) is 17.2 Å². The van der Waals surface area contributed by atoms with Crippen LogP contribution in [0.2, 0.25) is 0 Å². The van der Waals surface area contributed by atoms with Crippen molar-refractivity contribution in [1.29, 1.82) is 0 Å². The average Bonchev–Trinajstić information content (AvgIpc) is 3.64. The predicted octanol–water partition coefficient (Wildman–Crippen LogP) is 5.15. The molecule has 12 heteroatoms. The van der Waals surface area contributed by atoms with Crippen molar-refractivity contribution in [3.05, 3.63) is 89.0 Å². The molecule has 9 nitrogen and oxygen atoms in total. The van der Waals surface area contributed by atoms with Gasteiger partial charge in [0.1, 0.15) is 11.6 Å². The number of carbonyl (C=O) groups excluding carboxylic acids is 1. The summed E-state index contributed by atoms with van der Waals surface area (Å²) in [5.74, 6) is 0.273. The normalized spacial score (nSPS) is 18.2. The molecule has 5 rings (SSSR count). The monoisotopic (exact) mass is 593 g/mol. The van der Waals surface area contributed by atoms with Gasteiger partial charge in [0, 0.05) is 23.3 Å². The number of methoxy groups -OCH3 is 3. The Bertz CT molecular complexity index is 1500. The number of benzene rings is 3. The van der Waals surface area contributed by atoms with Crippen molar-refractivity contribution in [2.45, 2.75) is 24.9 Å². The fourth-order valence-corrected chi connectivity index (χ4v) is 5.85. The van der Waals surface area contributed by atoms with Gasteiger partial charge < -0.3 is 14.2 Å². The van der Waals surface area contributed by atoms with Gasteiger partial charge in [-0.3, -0.25) is 9.79 Å². The molecule has 2 atom stereocenters. The second-order valence-corrected chi connectivity index (χ2v) is 10.4. The number of hydrazone groups is 2. The van der Waals surface area contributed by atoms with Crippen LogP contribution < -0.4 is 19.6 Å². The summed E-state index contributed by atoms with van der Waals surface area (Å²) < 4.78 is 45.7. The quantitative estimate of drug-likeness (QED) is 0.272. The summed E-state index contributed by atoms with van der Waals surface area (Å²) in [6.45, 7) is 0. The molecule has 0 radical (unpaired) electrons. The minimum absolute atomic E-state index is 0.0576. The Kier molecular flexibility index (Phi) is 9.01. The molecule has 2 unspecified atom stereocenters. The van der Waals surface area contributed by atoms with Crippen LogP contribution in [0.25, 0.3) is 0 Å². The zero-order valence-corrected chi connectivity index (χ0v) is 24.0. The number of amidine groups is 1. The van der Waals surface area contributed by atoms with Crippen molar-refractivity contribution in [2.24, 2.45) is 15.2 Å². The lowest BCUT2D eigenvalue weighted by atomic mass is 9.98. The maximum Gasteiger partial charge on any atom is 0.242 e. The van der Waals surface area contributed by atoms with Crippen LogP contribution >= 0.6 is 11.8 Å². The maximum absolute atomic E-state index is 14.9. The number of thioether (sulfide) groups is 1. The lowest BCUT2D eigenvalue weighted by molar-refractivity contribution is -0.121. The van der Waals surface area contributed by atoms with Crippen molar-refractivity contribution >= 4 is 34.8 Å². The van der Waals surface area contributed by atoms with Gasteiger partial charge in [0.05, 0.1) is 51.8 Å². The third kappa shape index (κ3) is 6.23. The number of nitrogens with one attached hydrogen (secondary N) is 1. The van der Waals surface area contributed by atoms with Gasteiger partial charge in [0.2, 0.25) is 11.7 Å². The molecule has 0 aromatic heterocycles. The van der Waals surface area contributed by atoms with Gasteiger partial charge in [-0.25, -0.2) is 19.2 Å². The number of hydrogen-bond acceptors (Lipinski definition) is 9. The Hall–Kier alpha value is -4.45. The van der Waals surface area contributed by atoms with E-state index in [2.05, 4.69) is 10.5 Å². The minimum atomic E-state index is -0.705. The van der Waals surface area contributed by atoms with Gasteiger partial charge in [-0.15, -0.1) is 0 Å². The van der Waals surface area contributed by atoms with Crippen LogP contribution in [-0.2, 0) is 4.79 Å². The summed E-state index contributed by atoms with van der Waals surface area (Å²) in [7, 11) is 4.54. The summed E-state index contributed by atoms with van der Waals surface area (Å²) in [5, 5.41) is 10.9. The molecule has 1 amide bonds. The molecule has 1 N–H and O–H groups in total. The van der Waals surface area contributed by atoms with Gasteiger partial charge in [0.15, 0.2) is 16.7 Å². The SMILES string of the molecule is COc1cc(/C=N/NC(=O)CC2CSC(N3N=C(c4ccccc4)CC3c3c(F)cccc3F)=N2)cc(OC)c1OC. The van der Waals surface area contributed by atoms with Gasteiger partial charge >= 0.3 is 0 Å². The molecule has 218 valence electrons. The highest BCUT2D eigenvalue weighted by Gasteiger charge is 2.37. The van der Waals surface area contributed by atoms with Crippen molar-refractivity contribution in [3.63, 3.8) is 0 Å². The first-order valence-electron chi connectivity index (χ1n) is 13.1. The predicted molar refractivity (Wildman–Crippen MR) is 159 cm³/mol. The molecule has 2 aliphatic rings. The van der Waals surface area contributed by atoms with E-state index in [9.17, 15) is 13.6 Å². The number of ether oxygens (including phenoxy) is 3. The van der Waals surface area contributed by atoms with Crippen LogP contribution in [-0.4, -0.2) is 61.1 Å². The number of carbonyl (C=O) groups is 1. The summed E-state index contributed by atoms with van der Waals surface area (Å²) in [6.07, 6.45) is 1.85. The topological polar surface area (TPSA) is 97.1 Å². The summed E-state index contributed by atoms with van der Waals surface area (Å²) in [4.78, 5) is 17.4. The van der Waals surface area contributed by atoms with Crippen molar-refractivity contribution in [2.75, 3.05) is 27.1 Å². The van der Waals surface area contributed by atoms with Gasteiger partial charge in [-0.05, 0) is 29.8 Å². The van der Waals surface area contributed by atoms with Crippen LogP contribution in [0.3, 0.4) is 0 Å². The molecule has 0 aliphatic carbocycles. The largest absolute Gasteiger partial charge is 0.493 e. The highest BCUT2D eigenvalue weighted by molar-refractivity contribution is 8.14.